The standard InChI is InChI=1S/C34H38Cl2N8O3S/c1-20(2)44(34(47)38-16-22-10-13-25(35)26(36)14-22)42-19-30(45)43-27(15-21-8-11-24(12-9-21)40(3)4)32(46)41(18-29(42)43)17-23-6-5-7-28-31(23)39-33(37)48-28/h5-14,20,27,29H,15-19H2,1-4H3,(H2,37,39)(H,38,47)/t27-,29+/m0/s1. The Hall–Kier alpha value is -4.10. The molecule has 0 bridgehead atoms. The van der Waals surface area contributed by atoms with Crippen LogP contribution in [0, 0.1) is 0 Å². The average molecular weight is 710 g/mol. The molecule has 0 aliphatic carbocycles. The zero-order chi connectivity index (χ0) is 34.3. The summed E-state index contributed by atoms with van der Waals surface area (Å²) in [7, 11) is 3.94. The second-order valence-corrected chi connectivity index (χ2v) is 14.4. The molecular formula is C34H38Cl2N8O3S. The van der Waals surface area contributed by atoms with Crippen molar-refractivity contribution in [2.75, 3.05) is 37.8 Å². The maximum absolute atomic E-state index is 14.3. The first-order chi connectivity index (χ1) is 22.9. The number of para-hydroxylation sites is 1. The Labute approximate surface area is 293 Å². The lowest BCUT2D eigenvalue weighted by Gasteiger charge is -2.47. The number of nitrogens with two attached hydrogens (primary N) is 1. The van der Waals surface area contributed by atoms with Crippen LogP contribution in [0.4, 0.5) is 15.6 Å². The van der Waals surface area contributed by atoms with Crippen LogP contribution in [0.25, 0.3) is 10.2 Å². The number of aromatic nitrogens is 1. The first-order valence-corrected chi connectivity index (χ1v) is 17.3. The molecule has 0 spiro atoms. The van der Waals surface area contributed by atoms with Gasteiger partial charge in [-0.05, 0) is 60.9 Å². The highest BCUT2D eigenvalue weighted by Crippen LogP contribution is 2.33. The van der Waals surface area contributed by atoms with Crippen molar-refractivity contribution in [2.24, 2.45) is 0 Å². The Bertz CT molecular complexity index is 1850. The van der Waals surface area contributed by atoms with Crippen molar-refractivity contribution in [3.05, 3.63) is 87.4 Å². The number of hydrazine groups is 1. The molecule has 3 aromatic carbocycles. The molecule has 1 aromatic heterocycles. The summed E-state index contributed by atoms with van der Waals surface area (Å²) in [5, 5.41) is 7.63. The van der Waals surface area contributed by atoms with Crippen molar-refractivity contribution >= 4 is 73.4 Å². The van der Waals surface area contributed by atoms with Gasteiger partial charge in [-0.2, -0.15) is 5.01 Å². The molecule has 2 saturated heterocycles. The van der Waals surface area contributed by atoms with E-state index in [-0.39, 0.29) is 50.1 Å². The van der Waals surface area contributed by atoms with Gasteiger partial charge in [-0.15, -0.1) is 0 Å². The fraction of sp³-hybridized carbons (Fsp3) is 0.353. The van der Waals surface area contributed by atoms with Gasteiger partial charge >= 0.3 is 6.03 Å². The predicted octanol–water partition coefficient (Wildman–Crippen LogP) is 5.21. The van der Waals surface area contributed by atoms with Crippen LogP contribution in [0.15, 0.2) is 60.7 Å². The molecule has 252 valence electrons. The molecule has 48 heavy (non-hydrogen) atoms. The molecule has 4 aromatic rings. The molecule has 14 heteroatoms. The first-order valence-electron chi connectivity index (χ1n) is 15.7. The summed E-state index contributed by atoms with van der Waals surface area (Å²) in [5.74, 6) is -0.362. The maximum Gasteiger partial charge on any atom is 0.332 e. The highest BCUT2D eigenvalue weighted by molar-refractivity contribution is 7.22. The third kappa shape index (κ3) is 6.75. The van der Waals surface area contributed by atoms with Crippen LogP contribution in [0.5, 0.6) is 0 Å². The molecule has 0 radical (unpaired) electrons. The van der Waals surface area contributed by atoms with E-state index in [9.17, 15) is 14.4 Å². The van der Waals surface area contributed by atoms with Gasteiger partial charge < -0.3 is 25.8 Å². The number of hydrogen-bond donors (Lipinski definition) is 2. The van der Waals surface area contributed by atoms with E-state index in [1.165, 1.54) is 11.3 Å². The summed E-state index contributed by atoms with van der Waals surface area (Å²) in [6.45, 7) is 4.46. The smallest absolute Gasteiger partial charge is 0.332 e. The number of urea groups is 1. The van der Waals surface area contributed by atoms with E-state index >= 15 is 0 Å². The number of carbonyl (C=O) groups is 3. The van der Waals surface area contributed by atoms with Gasteiger partial charge in [0.15, 0.2) is 5.13 Å². The number of rotatable bonds is 9. The highest BCUT2D eigenvalue weighted by Gasteiger charge is 2.52. The van der Waals surface area contributed by atoms with Crippen molar-refractivity contribution in [1.29, 1.82) is 0 Å². The molecule has 2 atom stereocenters. The molecule has 0 unspecified atom stereocenters. The number of thiazole rings is 1. The quantitative estimate of drug-likeness (QED) is 0.245. The third-order valence-corrected chi connectivity index (χ3v) is 10.3. The molecule has 2 aliphatic rings. The van der Waals surface area contributed by atoms with Crippen molar-refractivity contribution in [1.82, 2.24) is 30.1 Å². The van der Waals surface area contributed by atoms with Crippen LogP contribution in [-0.2, 0) is 29.1 Å². The van der Waals surface area contributed by atoms with Crippen LogP contribution >= 0.6 is 34.5 Å². The molecule has 11 nitrogen and oxygen atoms in total. The number of benzene rings is 3. The van der Waals surface area contributed by atoms with Crippen molar-refractivity contribution in [2.45, 2.75) is 51.6 Å². The molecule has 4 amide bonds. The number of anilines is 2. The number of carbonyl (C=O) groups excluding carboxylic acids is 3. The second-order valence-electron chi connectivity index (χ2n) is 12.5. The van der Waals surface area contributed by atoms with Crippen molar-refractivity contribution < 1.29 is 14.4 Å². The van der Waals surface area contributed by atoms with Gasteiger partial charge in [0.25, 0.3) is 0 Å². The predicted molar refractivity (Wildman–Crippen MR) is 191 cm³/mol. The van der Waals surface area contributed by atoms with Gasteiger partial charge in [0, 0.05) is 45.3 Å². The Kier molecular flexibility index (Phi) is 9.71. The van der Waals surface area contributed by atoms with E-state index in [1.807, 2.05) is 75.3 Å². The van der Waals surface area contributed by atoms with Crippen LogP contribution in [0.1, 0.15) is 30.5 Å². The van der Waals surface area contributed by atoms with E-state index in [1.54, 1.807) is 38.0 Å². The van der Waals surface area contributed by atoms with Gasteiger partial charge in [-0.25, -0.2) is 9.78 Å². The lowest BCUT2D eigenvalue weighted by Crippen LogP contribution is -2.66. The first kappa shape index (κ1) is 33.8. The molecule has 2 aliphatic heterocycles. The minimum atomic E-state index is -0.764. The molecule has 3 heterocycles. The van der Waals surface area contributed by atoms with E-state index < -0.39 is 12.2 Å². The Morgan fingerprint density at radius 1 is 1.06 bits per heavy atom. The monoisotopic (exact) mass is 708 g/mol. The largest absolute Gasteiger partial charge is 0.378 e. The number of fused-ring (bicyclic) bond motifs is 2. The molecular weight excluding hydrogens is 671 g/mol. The zero-order valence-electron chi connectivity index (χ0n) is 27.2. The van der Waals surface area contributed by atoms with Crippen molar-refractivity contribution in [3.8, 4) is 0 Å². The summed E-state index contributed by atoms with van der Waals surface area (Å²) in [6.07, 6.45) is -0.239. The number of nitrogens with zero attached hydrogens (tertiary/aromatic N) is 6. The normalized spacial score (nSPS) is 18.1. The van der Waals surface area contributed by atoms with Crippen LogP contribution in [0.2, 0.25) is 10.0 Å². The number of amides is 4. The van der Waals surface area contributed by atoms with Gasteiger partial charge in [-0.3, -0.25) is 14.6 Å². The number of nitrogen functional groups attached to an aromatic ring is 1. The van der Waals surface area contributed by atoms with E-state index in [0.29, 0.717) is 21.6 Å². The van der Waals surface area contributed by atoms with E-state index in [2.05, 4.69) is 10.3 Å². The van der Waals surface area contributed by atoms with Crippen molar-refractivity contribution in [3.63, 3.8) is 0 Å². The average Bonchev–Trinajstić information content (AvgIpc) is 3.58. The third-order valence-electron chi connectivity index (χ3n) is 8.73. The van der Waals surface area contributed by atoms with Gasteiger partial charge in [0.1, 0.15) is 12.2 Å². The molecule has 6 rings (SSSR count). The Morgan fingerprint density at radius 2 is 1.79 bits per heavy atom. The lowest BCUT2D eigenvalue weighted by atomic mass is 9.99. The topological polar surface area (TPSA) is 118 Å². The molecule has 0 saturated carbocycles. The van der Waals surface area contributed by atoms with Gasteiger partial charge in [-0.1, -0.05) is 64.9 Å². The zero-order valence-corrected chi connectivity index (χ0v) is 29.5. The molecule has 3 N–H and O–H groups in total. The summed E-state index contributed by atoms with van der Waals surface area (Å²) < 4.78 is 0.941. The molecule has 2 fully saturated rings. The van der Waals surface area contributed by atoms with E-state index in [4.69, 9.17) is 28.9 Å². The Balaban J connectivity index is 1.31. The fourth-order valence-electron chi connectivity index (χ4n) is 6.43. The summed E-state index contributed by atoms with van der Waals surface area (Å²) in [4.78, 5) is 52.0. The number of halogens is 2. The minimum absolute atomic E-state index is 0.0432. The van der Waals surface area contributed by atoms with Crippen LogP contribution < -0.4 is 16.0 Å². The van der Waals surface area contributed by atoms with E-state index in [0.717, 1.165) is 32.6 Å². The minimum Gasteiger partial charge on any atom is -0.378 e. The highest BCUT2D eigenvalue weighted by atomic mass is 35.5. The summed E-state index contributed by atoms with van der Waals surface area (Å²) in [6, 6.07) is 17.6. The Morgan fingerprint density at radius 3 is 2.48 bits per heavy atom. The number of hydrogen-bond acceptors (Lipinski definition) is 8. The lowest BCUT2D eigenvalue weighted by molar-refractivity contribution is -0.158. The number of nitrogens with one attached hydrogen (secondary N) is 1. The summed E-state index contributed by atoms with van der Waals surface area (Å²) in [5.41, 5.74) is 10.4. The van der Waals surface area contributed by atoms with Gasteiger partial charge in [0.05, 0.1) is 33.4 Å². The fourth-order valence-corrected chi connectivity index (χ4v) is 7.53. The second kappa shape index (κ2) is 13.8. The number of piperazine rings is 1. The SMILES string of the molecule is CC(C)N(C(=O)NCc1ccc(Cl)c(Cl)c1)N1CC(=O)N2[C@@H](Cc3ccc(N(C)C)cc3)C(=O)N(Cc3cccc4sc(N)nc34)C[C@@H]21. The van der Waals surface area contributed by atoms with Crippen LogP contribution in [-0.4, -0.2) is 88.1 Å². The maximum atomic E-state index is 14.3. The van der Waals surface area contributed by atoms with Gasteiger partial charge in [0.2, 0.25) is 11.8 Å². The summed E-state index contributed by atoms with van der Waals surface area (Å²) >= 11 is 13.7. The van der Waals surface area contributed by atoms with Crippen LogP contribution in [0.3, 0.4) is 0 Å².